The number of anilines is 2. The third kappa shape index (κ3) is 2.79. The SMILES string of the molecule is CCN1CCN(c2ccc(NC=O)c(F)c2)CC1. The number of nitrogens with zero attached hydrogens (tertiary/aromatic N) is 2. The molecule has 1 fully saturated rings. The molecule has 0 spiro atoms. The molecule has 0 atom stereocenters. The molecule has 98 valence electrons. The van der Waals surface area contributed by atoms with Gasteiger partial charge in [-0.25, -0.2) is 4.39 Å². The fourth-order valence-electron chi connectivity index (χ4n) is 2.20. The van der Waals surface area contributed by atoms with Crippen molar-refractivity contribution in [3.05, 3.63) is 24.0 Å². The molecule has 0 aliphatic carbocycles. The van der Waals surface area contributed by atoms with Gasteiger partial charge in [0.1, 0.15) is 5.82 Å². The molecule has 5 heteroatoms. The molecular formula is C13H18FN3O. The van der Waals surface area contributed by atoms with E-state index < -0.39 is 5.82 Å². The summed E-state index contributed by atoms with van der Waals surface area (Å²) >= 11 is 0. The van der Waals surface area contributed by atoms with E-state index >= 15 is 0 Å². The van der Waals surface area contributed by atoms with Gasteiger partial charge in [-0.2, -0.15) is 0 Å². The minimum absolute atomic E-state index is 0.223. The molecule has 1 aliphatic heterocycles. The number of hydrogen-bond donors (Lipinski definition) is 1. The number of amides is 1. The highest BCUT2D eigenvalue weighted by Crippen LogP contribution is 2.22. The summed E-state index contributed by atoms with van der Waals surface area (Å²) in [6.45, 7) is 7.04. The van der Waals surface area contributed by atoms with Crippen LogP contribution in [-0.2, 0) is 4.79 Å². The Hall–Kier alpha value is -1.62. The van der Waals surface area contributed by atoms with Gasteiger partial charge in [0.2, 0.25) is 6.41 Å². The first kappa shape index (κ1) is 12.8. The van der Waals surface area contributed by atoms with Crippen LogP contribution in [0.2, 0.25) is 0 Å². The van der Waals surface area contributed by atoms with Crippen molar-refractivity contribution in [2.24, 2.45) is 0 Å². The maximum atomic E-state index is 13.7. The van der Waals surface area contributed by atoms with Crippen LogP contribution in [0.4, 0.5) is 15.8 Å². The molecule has 1 aromatic rings. The maximum absolute atomic E-state index is 13.7. The quantitative estimate of drug-likeness (QED) is 0.824. The van der Waals surface area contributed by atoms with Crippen molar-refractivity contribution >= 4 is 17.8 Å². The Morgan fingerprint density at radius 1 is 1.33 bits per heavy atom. The van der Waals surface area contributed by atoms with Crippen molar-refractivity contribution in [3.63, 3.8) is 0 Å². The van der Waals surface area contributed by atoms with E-state index in [2.05, 4.69) is 22.0 Å². The van der Waals surface area contributed by atoms with E-state index in [1.165, 1.54) is 6.07 Å². The van der Waals surface area contributed by atoms with Crippen LogP contribution in [0.3, 0.4) is 0 Å². The molecule has 1 heterocycles. The molecule has 4 nitrogen and oxygen atoms in total. The van der Waals surface area contributed by atoms with E-state index in [4.69, 9.17) is 0 Å². The van der Waals surface area contributed by atoms with Crippen LogP contribution in [0.1, 0.15) is 6.92 Å². The van der Waals surface area contributed by atoms with E-state index in [1.54, 1.807) is 6.07 Å². The number of carbonyl (C=O) groups is 1. The second-order valence-electron chi connectivity index (χ2n) is 4.35. The van der Waals surface area contributed by atoms with Crippen LogP contribution in [-0.4, -0.2) is 44.0 Å². The standard InChI is InChI=1S/C13H18FN3O/c1-2-16-5-7-17(8-6-16)11-3-4-13(15-10-18)12(14)9-11/h3-4,9-10H,2,5-8H2,1H3,(H,15,18). The van der Waals surface area contributed by atoms with Crippen LogP contribution in [0.15, 0.2) is 18.2 Å². The second kappa shape index (κ2) is 5.82. The first-order chi connectivity index (χ1) is 8.74. The molecule has 1 saturated heterocycles. The normalized spacial score (nSPS) is 16.7. The maximum Gasteiger partial charge on any atom is 0.211 e. The highest BCUT2D eigenvalue weighted by molar-refractivity contribution is 5.72. The lowest BCUT2D eigenvalue weighted by atomic mass is 10.2. The summed E-state index contributed by atoms with van der Waals surface area (Å²) in [5.74, 6) is -0.391. The van der Waals surface area contributed by atoms with Gasteiger partial charge in [-0.1, -0.05) is 6.92 Å². The van der Waals surface area contributed by atoms with Crippen molar-refractivity contribution in [1.82, 2.24) is 4.90 Å². The second-order valence-corrected chi connectivity index (χ2v) is 4.35. The molecule has 0 radical (unpaired) electrons. The van der Waals surface area contributed by atoms with Crippen LogP contribution in [0.5, 0.6) is 0 Å². The summed E-state index contributed by atoms with van der Waals surface area (Å²) in [7, 11) is 0. The monoisotopic (exact) mass is 251 g/mol. The fraction of sp³-hybridized carbons (Fsp3) is 0.462. The number of carbonyl (C=O) groups excluding carboxylic acids is 1. The van der Waals surface area contributed by atoms with Crippen molar-refractivity contribution in [1.29, 1.82) is 0 Å². The summed E-state index contributed by atoms with van der Waals surface area (Å²) in [4.78, 5) is 14.8. The van der Waals surface area contributed by atoms with Gasteiger partial charge >= 0.3 is 0 Å². The average Bonchev–Trinajstić information content (AvgIpc) is 2.41. The largest absolute Gasteiger partial charge is 0.369 e. The lowest BCUT2D eigenvalue weighted by Crippen LogP contribution is -2.46. The summed E-state index contributed by atoms with van der Waals surface area (Å²) in [5, 5.41) is 2.34. The van der Waals surface area contributed by atoms with Gasteiger partial charge in [0, 0.05) is 31.9 Å². The molecule has 0 unspecified atom stereocenters. The fourth-order valence-corrected chi connectivity index (χ4v) is 2.20. The molecule has 0 aromatic heterocycles. The third-order valence-corrected chi connectivity index (χ3v) is 3.35. The van der Waals surface area contributed by atoms with Crippen molar-refractivity contribution < 1.29 is 9.18 Å². The van der Waals surface area contributed by atoms with E-state index in [-0.39, 0.29) is 5.69 Å². The predicted octanol–water partition coefficient (Wildman–Crippen LogP) is 1.54. The Balaban J connectivity index is 2.05. The Morgan fingerprint density at radius 3 is 2.61 bits per heavy atom. The van der Waals surface area contributed by atoms with Crippen molar-refractivity contribution in [2.75, 3.05) is 42.9 Å². The van der Waals surface area contributed by atoms with Gasteiger partial charge in [-0.3, -0.25) is 4.79 Å². The van der Waals surface area contributed by atoms with E-state index in [0.717, 1.165) is 38.4 Å². The number of benzene rings is 1. The van der Waals surface area contributed by atoms with E-state index in [0.29, 0.717) is 6.41 Å². The lowest BCUT2D eigenvalue weighted by molar-refractivity contribution is -0.105. The Labute approximate surface area is 106 Å². The molecule has 18 heavy (non-hydrogen) atoms. The van der Waals surface area contributed by atoms with Crippen LogP contribution in [0, 0.1) is 5.82 Å². The van der Waals surface area contributed by atoms with Gasteiger partial charge in [-0.15, -0.1) is 0 Å². The number of hydrogen-bond acceptors (Lipinski definition) is 3. The number of halogens is 1. The van der Waals surface area contributed by atoms with Crippen LogP contribution >= 0.6 is 0 Å². The Bertz CT molecular complexity index is 417. The smallest absolute Gasteiger partial charge is 0.211 e. The van der Waals surface area contributed by atoms with Gasteiger partial charge in [0.25, 0.3) is 0 Å². The predicted molar refractivity (Wildman–Crippen MR) is 70.4 cm³/mol. The summed E-state index contributed by atoms with van der Waals surface area (Å²) < 4.78 is 13.7. The highest BCUT2D eigenvalue weighted by Gasteiger charge is 2.16. The summed E-state index contributed by atoms with van der Waals surface area (Å²) in [5.41, 5.74) is 1.10. The van der Waals surface area contributed by atoms with Gasteiger partial charge in [-0.05, 0) is 24.7 Å². The molecule has 1 aromatic carbocycles. The summed E-state index contributed by atoms with van der Waals surface area (Å²) in [6.07, 6.45) is 0.484. The molecule has 1 amide bonds. The lowest BCUT2D eigenvalue weighted by Gasteiger charge is -2.35. The van der Waals surface area contributed by atoms with Gasteiger partial charge < -0.3 is 15.1 Å². The van der Waals surface area contributed by atoms with Crippen molar-refractivity contribution in [3.8, 4) is 0 Å². The van der Waals surface area contributed by atoms with Crippen LogP contribution < -0.4 is 10.2 Å². The highest BCUT2D eigenvalue weighted by atomic mass is 19.1. The van der Waals surface area contributed by atoms with Gasteiger partial charge in [0.05, 0.1) is 5.69 Å². The zero-order valence-electron chi connectivity index (χ0n) is 10.5. The zero-order valence-corrected chi connectivity index (χ0v) is 10.5. The number of rotatable bonds is 4. The summed E-state index contributed by atoms with van der Waals surface area (Å²) in [6, 6.07) is 4.93. The number of nitrogens with one attached hydrogen (secondary N) is 1. The zero-order chi connectivity index (χ0) is 13.0. The minimum atomic E-state index is -0.391. The first-order valence-corrected chi connectivity index (χ1v) is 6.21. The average molecular weight is 251 g/mol. The molecule has 2 rings (SSSR count). The Kier molecular flexibility index (Phi) is 4.15. The molecule has 1 N–H and O–H groups in total. The first-order valence-electron chi connectivity index (χ1n) is 6.21. The molecule has 1 aliphatic rings. The molecule has 0 bridgehead atoms. The van der Waals surface area contributed by atoms with Crippen LogP contribution in [0.25, 0.3) is 0 Å². The third-order valence-electron chi connectivity index (χ3n) is 3.35. The minimum Gasteiger partial charge on any atom is -0.369 e. The van der Waals surface area contributed by atoms with Gasteiger partial charge in [0.15, 0.2) is 0 Å². The van der Waals surface area contributed by atoms with E-state index in [1.807, 2.05) is 6.07 Å². The topological polar surface area (TPSA) is 35.6 Å². The number of piperazine rings is 1. The Morgan fingerprint density at radius 2 is 2.06 bits per heavy atom. The number of likely N-dealkylation sites (N-methyl/N-ethyl adjacent to an activating group) is 1. The molecular weight excluding hydrogens is 233 g/mol. The molecule has 0 saturated carbocycles. The van der Waals surface area contributed by atoms with Crippen molar-refractivity contribution in [2.45, 2.75) is 6.92 Å². The van der Waals surface area contributed by atoms with E-state index in [9.17, 15) is 9.18 Å².